The highest BCUT2D eigenvalue weighted by molar-refractivity contribution is 7.80. The lowest BCUT2D eigenvalue weighted by atomic mass is 10.2. The van der Waals surface area contributed by atoms with Crippen molar-refractivity contribution in [3.63, 3.8) is 0 Å². The van der Waals surface area contributed by atoms with Crippen LogP contribution in [0.4, 0.5) is 0 Å². The molecular weight excluding hydrogens is 382 g/mol. The molecule has 2 aromatic carbocycles. The maximum Gasteiger partial charge on any atom is 0.180 e. The van der Waals surface area contributed by atoms with Gasteiger partial charge in [-0.25, -0.2) is 0 Å². The zero-order valence-corrected chi connectivity index (χ0v) is 16.5. The maximum absolute atomic E-state index is 6.47. The Morgan fingerprint density at radius 2 is 1.93 bits per heavy atom. The van der Waals surface area contributed by atoms with E-state index in [-0.39, 0.29) is 0 Å². The van der Waals surface area contributed by atoms with Crippen molar-refractivity contribution in [1.82, 2.24) is 5.32 Å². The van der Waals surface area contributed by atoms with Crippen molar-refractivity contribution in [3.05, 3.63) is 82.8 Å². The number of halogens is 1. The minimum Gasteiger partial charge on any atom is -0.490 e. The van der Waals surface area contributed by atoms with Crippen LogP contribution in [-0.2, 0) is 13.2 Å². The zero-order valence-electron chi connectivity index (χ0n) is 14.9. The molecule has 140 valence electrons. The van der Waals surface area contributed by atoms with Crippen molar-refractivity contribution in [1.29, 1.82) is 0 Å². The fraction of sp³-hybridized carbons (Fsp3) is 0.190. The molecule has 0 saturated heterocycles. The Hall–Kier alpha value is -2.50. The van der Waals surface area contributed by atoms with Gasteiger partial charge in [0.25, 0.3) is 0 Å². The van der Waals surface area contributed by atoms with E-state index in [0.29, 0.717) is 41.3 Å². The smallest absolute Gasteiger partial charge is 0.180 e. The summed E-state index contributed by atoms with van der Waals surface area (Å²) < 4.78 is 17.0. The molecule has 0 saturated carbocycles. The first-order chi connectivity index (χ1) is 13.2. The molecule has 4 nitrogen and oxygen atoms in total. The van der Waals surface area contributed by atoms with E-state index < -0.39 is 0 Å². The molecule has 0 spiro atoms. The summed E-state index contributed by atoms with van der Waals surface area (Å²) in [4.78, 5) is 0.559. The first kappa shape index (κ1) is 19.3. The van der Waals surface area contributed by atoms with Crippen LogP contribution in [0.1, 0.15) is 23.8 Å². The molecule has 0 fully saturated rings. The summed E-state index contributed by atoms with van der Waals surface area (Å²) in [5, 5.41) is 3.61. The SMILES string of the molecule is CCOc1cc(C(=S)NCc2ccco2)cc(Cl)c1OCc1ccccc1. The number of furan rings is 1. The number of hydrogen-bond acceptors (Lipinski definition) is 4. The van der Waals surface area contributed by atoms with Gasteiger partial charge < -0.3 is 19.2 Å². The fourth-order valence-electron chi connectivity index (χ4n) is 2.51. The van der Waals surface area contributed by atoms with Gasteiger partial charge in [0.1, 0.15) is 17.4 Å². The molecular formula is C21H20ClNO3S. The predicted octanol–water partition coefficient (Wildman–Crippen LogP) is 5.38. The van der Waals surface area contributed by atoms with E-state index >= 15 is 0 Å². The lowest BCUT2D eigenvalue weighted by Crippen LogP contribution is -2.21. The molecule has 1 aromatic heterocycles. The van der Waals surface area contributed by atoms with E-state index in [1.165, 1.54) is 0 Å². The van der Waals surface area contributed by atoms with Gasteiger partial charge in [0.2, 0.25) is 0 Å². The van der Waals surface area contributed by atoms with E-state index in [1.54, 1.807) is 12.3 Å². The second-order valence-corrected chi connectivity index (χ2v) is 6.57. The van der Waals surface area contributed by atoms with Crippen LogP contribution in [0.5, 0.6) is 11.5 Å². The van der Waals surface area contributed by atoms with Crippen LogP contribution in [0.2, 0.25) is 5.02 Å². The van der Waals surface area contributed by atoms with Crippen molar-refractivity contribution >= 4 is 28.8 Å². The summed E-state index contributed by atoms with van der Waals surface area (Å²) >= 11 is 11.9. The molecule has 1 heterocycles. The van der Waals surface area contributed by atoms with Gasteiger partial charge in [-0.05, 0) is 36.8 Å². The van der Waals surface area contributed by atoms with Crippen molar-refractivity contribution in [3.8, 4) is 11.5 Å². The number of hydrogen-bond donors (Lipinski definition) is 1. The second kappa shape index (κ2) is 9.44. The second-order valence-electron chi connectivity index (χ2n) is 5.75. The molecule has 3 rings (SSSR count). The first-order valence-corrected chi connectivity index (χ1v) is 9.39. The molecule has 0 amide bonds. The van der Waals surface area contributed by atoms with Crippen LogP contribution in [0, 0.1) is 0 Å². The van der Waals surface area contributed by atoms with Crippen molar-refractivity contribution in [2.45, 2.75) is 20.1 Å². The van der Waals surface area contributed by atoms with Crippen LogP contribution in [0.25, 0.3) is 0 Å². The Balaban J connectivity index is 1.75. The van der Waals surface area contributed by atoms with Crippen LogP contribution in [0.3, 0.4) is 0 Å². The quantitative estimate of drug-likeness (QED) is 0.513. The lowest BCUT2D eigenvalue weighted by Gasteiger charge is -2.16. The predicted molar refractivity (Wildman–Crippen MR) is 111 cm³/mol. The third-order valence-electron chi connectivity index (χ3n) is 3.80. The average molecular weight is 402 g/mol. The largest absolute Gasteiger partial charge is 0.490 e. The topological polar surface area (TPSA) is 43.6 Å². The van der Waals surface area contributed by atoms with Crippen molar-refractivity contribution in [2.75, 3.05) is 6.61 Å². The van der Waals surface area contributed by atoms with Crippen molar-refractivity contribution < 1.29 is 13.9 Å². The Bertz CT molecular complexity index is 882. The number of thiocarbonyl (C=S) groups is 1. The van der Waals surface area contributed by atoms with Crippen LogP contribution in [-0.4, -0.2) is 11.6 Å². The van der Waals surface area contributed by atoms with Gasteiger partial charge in [-0.15, -0.1) is 0 Å². The van der Waals surface area contributed by atoms with E-state index in [9.17, 15) is 0 Å². The lowest BCUT2D eigenvalue weighted by molar-refractivity contribution is 0.269. The van der Waals surface area contributed by atoms with Crippen LogP contribution in [0.15, 0.2) is 65.3 Å². The molecule has 3 aromatic rings. The highest BCUT2D eigenvalue weighted by atomic mass is 35.5. The van der Waals surface area contributed by atoms with Gasteiger partial charge in [-0.1, -0.05) is 54.2 Å². The average Bonchev–Trinajstić information content (AvgIpc) is 3.20. The monoisotopic (exact) mass is 401 g/mol. The summed E-state index contributed by atoms with van der Waals surface area (Å²) in [5.74, 6) is 1.88. The minimum atomic E-state index is 0.404. The molecule has 0 aliphatic heterocycles. The Morgan fingerprint density at radius 3 is 2.63 bits per heavy atom. The molecule has 6 heteroatoms. The van der Waals surface area contributed by atoms with Gasteiger partial charge in [-0.2, -0.15) is 0 Å². The first-order valence-electron chi connectivity index (χ1n) is 8.61. The number of ether oxygens (including phenoxy) is 2. The van der Waals surface area contributed by atoms with E-state index in [1.807, 2.05) is 55.5 Å². The third-order valence-corrected chi connectivity index (χ3v) is 4.46. The fourth-order valence-corrected chi connectivity index (χ4v) is 2.97. The van der Waals surface area contributed by atoms with Crippen LogP contribution < -0.4 is 14.8 Å². The summed E-state index contributed by atoms with van der Waals surface area (Å²) in [7, 11) is 0. The standard InChI is InChI=1S/C21H20ClNO3S/c1-2-24-19-12-16(21(27)23-13-17-9-6-10-25-17)11-18(22)20(19)26-14-15-7-4-3-5-8-15/h3-12H,2,13-14H2,1H3,(H,23,27). The molecule has 0 aliphatic carbocycles. The van der Waals surface area contributed by atoms with Gasteiger partial charge in [0, 0.05) is 5.56 Å². The minimum absolute atomic E-state index is 0.404. The van der Waals surface area contributed by atoms with Crippen LogP contribution >= 0.6 is 23.8 Å². The Labute approximate surface area is 169 Å². The molecule has 27 heavy (non-hydrogen) atoms. The Morgan fingerprint density at radius 1 is 1.11 bits per heavy atom. The molecule has 0 bridgehead atoms. The highest BCUT2D eigenvalue weighted by Crippen LogP contribution is 2.37. The van der Waals surface area contributed by atoms with E-state index in [0.717, 1.165) is 16.9 Å². The zero-order chi connectivity index (χ0) is 19.1. The third kappa shape index (κ3) is 5.25. The summed E-state index contributed by atoms with van der Waals surface area (Å²) in [6.07, 6.45) is 1.63. The molecule has 0 atom stereocenters. The van der Waals surface area contributed by atoms with Gasteiger partial charge in [0.15, 0.2) is 11.5 Å². The number of rotatable bonds is 8. The van der Waals surface area contributed by atoms with Crippen molar-refractivity contribution in [2.24, 2.45) is 0 Å². The number of benzene rings is 2. The van der Waals surface area contributed by atoms with E-state index in [4.69, 9.17) is 37.7 Å². The molecule has 0 radical (unpaired) electrons. The van der Waals surface area contributed by atoms with Gasteiger partial charge in [-0.3, -0.25) is 0 Å². The normalized spacial score (nSPS) is 10.4. The summed E-state index contributed by atoms with van der Waals surface area (Å²) in [6, 6.07) is 17.2. The highest BCUT2D eigenvalue weighted by Gasteiger charge is 2.15. The summed E-state index contributed by atoms with van der Waals surface area (Å²) in [6.45, 7) is 3.31. The molecule has 0 unspecified atom stereocenters. The number of nitrogens with one attached hydrogen (secondary N) is 1. The van der Waals surface area contributed by atoms with Gasteiger partial charge >= 0.3 is 0 Å². The molecule has 0 aliphatic rings. The molecule has 1 N–H and O–H groups in total. The summed E-state index contributed by atoms with van der Waals surface area (Å²) in [5.41, 5.74) is 1.81. The Kier molecular flexibility index (Phi) is 6.74. The van der Waals surface area contributed by atoms with E-state index in [2.05, 4.69) is 5.32 Å². The maximum atomic E-state index is 6.47. The van der Waals surface area contributed by atoms with Gasteiger partial charge in [0.05, 0.1) is 24.4 Å².